The van der Waals surface area contributed by atoms with E-state index in [0.717, 1.165) is 42.8 Å². The number of hydrogen-bond acceptors (Lipinski definition) is 8. The van der Waals surface area contributed by atoms with E-state index in [1.807, 2.05) is 6.92 Å². The van der Waals surface area contributed by atoms with Crippen LogP contribution in [0.15, 0.2) is 66.2 Å². The lowest BCUT2D eigenvalue weighted by Gasteiger charge is -2.09. The van der Waals surface area contributed by atoms with Gasteiger partial charge in [-0.1, -0.05) is 0 Å². The first-order chi connectivity index (χ1) is 26.0. The molecule has 18 heteroatoms. The van der Waals surface area contributed by atoms with Crippen LogP contribution in [0.3, 0.4) is 0 Å². The summed E-state index contributed by atoms with van der Waals surface area (Å²) in [5.41, 5.74) is 4.44. The molecule has 0 bridgehead atoms. The van der Waals surface area contributed by atoms with Gasteiger partial charge in [-0.2, -0.15) is 36.5 Å². The molecule has 55 heavy (non-hydrogen) atoms. The predicted molar refractivity (Wildman–Crippen MR) is 195 cm³/mol. The lowest BCUT2D eigenvalue weighted by molar-refractivity contribution is -0.142. The number of rotatable bonds is 8. The number of hydrogen-bond donors (Lipinski definition) is 2. The van der Waals surface area contributed by atoms with E-state index in [9.17, 15) is 35.9 Å². The number of alkyl halides is 6. The van der Waals surface area contributed by atoms with E-state index < -0.39 is 23.7 Å². The predicted octanol–water partition coefficient (Wildman–Crippen LogP) is 9.88. The molecule has 286 valence electrons. The van der Waals surface area contributed by atoms with Crippen molar-refractivity contribution >= 4 is 45.9 Å². The van der Waals surface area contributed by atoms with Gasteiger partial charge in [0, 0.05) is 34.6 Å². The van der Waals surface area contributed by atoms with Crippen molar-refractivity contribution in [2.75, 3.05) is 10.6 Å². The third kappa shape index (κ3) is 8.64. The molecule has 2 aliphatic carbocycles. The minimum atomic E-state index is -4.48. The molecule has 4 aromatic heterocycles. The zero-order chi connectivity index (χ0) is 39.2. The molecule has 2 saturated carbocycles. The second-order valence-electron chi connectivity index (χ2n) is 13.2. The fourth-order valence-corrected chi connectivity index (χ4v) is 7.34. The highest BCUT2D eigenvalue weighted by molar-refractivity contribution is 7.13. The summed E-state index contributed by atoms with van der Waals surface area (Å²) in [5.74, 6) is -0.296. The molecule has 8 rings (SSSR count). The molecule has 0 aliphatic heterocycles. The quantitative estimate of drug-likeness (QED) is 0.148. The van der Waals surface area contributed by atoms with Crippen LogP contribution in [0.4, 0.5) is 37.7 Å². The Morgan fingerprint density at radius 1 is 0.673 bits per heavy atom. The highest BCUT2D eigenvalue weighted by Crippen LogP contribution is 2.44. The molecule has 4 heterocycles. The topological polar surface area (TPSA) is 120 Å². The van der Waals surface area contributed by atoms with E-state index in [0.29, 0.717) is 55.3 Å². The lowest BCUT2D eigenvalue weighted by Crippen LogP contribution is -2.12. The average molecular weight is 799 g/mol. The lowest BCUT2D eigenvalue weighted by atomic mass is 10.2. The summed E-state index contributed by atoms with van der Waals surface area (Å²) in [7, 11) is 0. The number of carbonyl (C=O) groups excluding carboxylic acids is 2. The molecular weight excluding hydrogens is 767 g/mol. The fraction of sp³-hybridized carbons (Fsp3) is 0.297. The molecular formula is C37H32F6N8O2S2. The van der Waals surface area contributed by atoms with Crippen molar-refractivity contribution in [3.05, 3.63) is 115 Å². The number of aromatic nitrogens is 6. The van der Waals surface area contributed by atoms with Gasteiger partial charge >= 0.3 is 12.4 Å². The highest BCUT2D eigenvalue weighted by atomic mass is 32.1. The molecule has 0 radical (unpaired) electrons. The second kappa shape index (κ2) is 14.7. The summed E-state index contributed by atoms with van der Waals surface area (Å²) in [5, 5.41) is 13.9. The Kier molecular flexibility index (Phi) is 10.1. The molecule has 0 atom stereocenters. The molecule has 0 spiro atoms. The van der Waals surface area contributed by atoms with Crippen LogP contribution in [0.1, 0.15) is 96.0 Å². The van der Waals surface area contributed by atoms with Gasteiger partial charge in [0.05, 0.1) is 33.3 Å². The maximum atomic E-state index is 13.1. The van der Waals surface area contributed by atoms with Crippen molar-refractivity contribution in [3.63, 3.8) is 0 Å². The third-order valence-electron chi connectivity index (χ3n) is 8.85. The largest absolute Gasteiger partial charge is 0.435 e. The molecule has 0 saturated heterocycles. The first kappa shape index (κ1) is 37.9. The summed E-state index contributed by atoms with van der Waals surface area (Å²) in [6.45, 7) is 5.36. The van der Waals surface area contributed by atoms with E-state index >= 15 is 0 Å². The number of carbonyl (C=O) groups is 2. The zero-order valence-electron chi connectivity index (χ0n) is 29.4. The van der Waals surface area contributed by atoms with Crippen molar-refractivity contribution in [2.45, 2.75) is 70.6 Å². The van der Waals surface area contributed by atoms with Crippen molar-refractivity contribution in [2.24, 2.45) is 0 Å². The minimum absolute atomic E-state index is 0.112. The summed E-state index contributed by atoms with van der Waals surface area (Å²) < 4.78 is 80.9. The Labute approximate surface area is 318 Å². The van der Waals surface area contributed by atoms with Crippen LogP contribution in [0.5, 0.6) is 0 Å². The van der Waals surface area contributed by atoms with E-state index in [-0.39, 0.29) is 23.7 Å². The van der Waals surface area contributed by atoms with Crippen LogP contribution in [-0.4, -0.2) is 41.3 Å². The summed E-state index contributed by atoms with van der Waals surface area (Å²) in [6, 6.07) is 15.5. The van der Waals surface area contributed by atoms with Gasteiger partial charge in [0.1, 0.15) is 9.75 Å². The van der Waals surface area contributed by atoms with Crippen molar-refractivity contribution in [3.8, 4) is 11.4 Å². The Morgan fingerprint density at radius 3 is 1.45 bits per heavy atom. The van der Waals surface area contributed by atoms with Gasteiger partial charge < -0.3 is 10.6 Å². The molecule has 2 fully saturated rings. The SMILES string of the molecule is Cc1nc(C)c(C(=O)Nc2ccc(-n3nc(C(F)(F)F)cc3C3CC3)cc2)s1.Cc1ncsc1C(=O)Nc1ccc(-n2nc(C(F)(F)F)cc2C2CC2)cc1. The number of anilines is 2. The second-order valence-corrected chi connectivity index (χ2v) is 15.3. The smallest absolute Gasteiger partial charge is 0.321 e. The van der Waals surface area contributed by atoms with Crippen LogP contribution < -0.4 is 10.6 Å². The van der Waals surface area contributed by atoms with Crippen LogP contribution in [0, 0.1) is 20.8 Å². The van der Waals surface area contributed by atoms with E-state index in [1.54, 1.807) is 67.9 Å². The fourth-order valence-electron chi connectivity index (χ4n) is 5.83. The Morgan fingerprint density at radius 2 is 1.11 bits per heavy atom. The number of halogens is 6. The number of amides is 2. The monoisotopic (exact) mass is 798 g/mol. The number of thiazole rings is 2. The Hall–Kier alpha value is -5.36. The number of nitrogens with zero attached hydrogens (tertiary/aromatic N) is 6. The number of benzene rings is 2. The number of aryl methyl sites for hydroxylation is 3. The molecule has 0 unspecified atom stereocenters. The first-order valence-electron chi connectivity index (χ1n) is 17.1. The van der Waals surface area contributed by atoms with E-state index in [4.69, 9.17) is 0 Å². The average Bonchev–Trinajstić information content (AvgIpc) is 3.97. The van der Waals surface area contributed by atoms with Crippen LogP contribution in [-0.2, 0) is 12.4 Å². The third-order valence-corrected chi connectivity index (χ3v) is 10.8. The van der Waals surface area contributed by atoms with Gasteiger partial charge in [-0.15, -0.1) is 22.7 Å². The normalized spacial score (nSPS) is 14.3. The standard InChI is InChI=1S/C19H17F3N4OS.C18H15F3N4OS/c1-10-17(28-11(2)23-10)18(27)24-13-5-7-14(8-6-13)26-15(12-3-4-12)9-16(25-26)19(20,21)22;1-10-16(27-9-22-10)17(26)23-12-4-6-13(7-5-12)25-14(11-2-3-11)8-15(24-25)18(19,20)21/h5-9,12H,3-4H2,1-2H3,(H,24,27);4-9,11H,2-3H2,1H3,(H,23,26). The molecule has 6 aromatic rings. The molecule has 2 N–H and O–H groups in total. The first-order valence-corrected chi connectivity index (χ1v) is 18.8. The van der Waals surface area contributed by atoms with Crippen LogP contribution >= 0.6 is 22.7 Å². The minimum Gasteiger partial charge on any atom is -0.321 e. The summed E-state index contributed by atoms with van der Waals surface area (Å²) >= 11 is 2.57. The van der Waals surface area contributed by atoms with Gasteiger partial charge in [-0.25, -0.2) is 19.3 Å². The van der Waals surface area contributed by atoms with Crippen molar-refractivity contribution in [1.82, 2.24) is 29.5 Å². The molecule has 2 aromatic carbocycles. The van der Waals surface area contributed by atoms with Crippen LogP contribution in [0.2, 0.25) is 0 Å². The van der Waals surface area contributed by atoms with Gasteiger partial charge in [-0.05, 0) is 107 Å². The van der Waals surface area contributed by atoms with Gasteiger partial charge in [-0.3, -0.25) is 9.59 Å². The summed E-state index contributed by atoms with van der Waals surface area (Å²) in [6.07, 6.45) is -5.49. The number of nitrogens with one attached hydrogen (secondary N) is 2. The van der Waals surface area contributed by atoms with E-state index in [1.165, 1.54) is 32.0 Å². The van der Waals surface area contributed by atoms with Gasteiger partial charge in [0.15, 0.2) is 11.4 Å². The van der Waals surface area contributed by atoms with E-state index in [2.05, 4.69) is 30.8 Å². The molecule has 2 amide bonds. The van der Waals surface area contributed by atoms with Crippen molar-refractivity contribution < 1.29 is 35.9 Å². The van der Waals surface area contributed by atoms with Crippen LogP contribution in [0.25, 0.3) is 11.4 Å². The Balaban J connectivity index is 0.000000169. The Bertz CT molecular complexity index is 2350. The zero-order valence-corrected chi connectivity index (χ0v) is 31.1. The summed E-state index contributed by atoms with van der Waals surface area (Å²) in [4.78, 5) is 34.0. The molecule has 10 nitrogen and oxygen atoms in total. The maximum absolute atomic E-state index is 13.1. The molecule has 2 aliphatic rings. The highest BCUT2D eigenvalue weighted by Gasteiger charge is 2.39. The van der Waals surface area contributed by atoms with Gasteiger partial charge in [0.25, 0.3) is 11.8 Å². The maximum Gasteiger partial charge on any atom is 0.435 e. The van der Waals surface area contributed by atoms with Crippen molar-refractivity contribution in [1.29, 1.82) is 0 Å². The van der Waals surface area contributed by atoms with Gasteiger partial charge in [0.2, 0.25) is 0 Å².